The molecule has 37 heavy (non-hydrogen) atoms. The fourth-order valence-corrected chi connectivity index (χ4v) is 4.64. The maximum Gasteiger partial charge on any atom is 0.217 e. The Morgan fingerprint density at radius 1 is 1.00 bits per heavy atom. The first-order valence-electron chi connectivity index (χ1n) is 12.7. The highest BCUT2D eigenvalue weighted by Gasteiger charge is 2.14. The number of piperidine rings is 1. The molecule has 0 bridgehead atoms. The van der Waals surface area contributed by atoms with Crippen molar-refractivity contribution in [1.82, 2.24) is 9.97 Å². The number of rotatable bonds is 10. The molecule has 0 saturated carbocycles. The average molecular weight is 500 g/mol. The lowest BCUT2D eigenvalue weighted by atomic mass is 10.1. The van der Waals surface area contributed by atoms with Crippen LogP contribution in [0.15, 0.2) is 65.9 Å². The summed E-state index contributed by atoms with van der Waals surface area (Å²) in [6, 6.07) is 18.1. The summed E-state index contributed by atoms with van der Waals surface area (Å²) in [6.45, 7) is 2.56. The molecule has 4 aromatic rings. The smallest absolute Gasteiger partial charge is 0.217 e. The van der Waals surface area contributed by atoms with Crippen LogP contribution < -0.4 is 24.5 Å². The molecule has 3 heterocycles. The second-order valence-electron chi connectivity index (χ2n) is 9.04. The molecule has 192 valence electrons. The van der Waals surface area contributed by atoms with Gasteiger partial charge in [-0.2, -0.15) is 10.1 Å². The van der Waals surface area contributed by atoms with Crippen LogP contribution in [0, 0.1) is 0 Å². The van der Waals surface area contributed by atoms with Crippen LogP contribution in [0.25, 0.3) is 10.9 Å². The van der Waals surface area contributed by atoms with E-state index >= 15 is 0 Å². The Labute approximate surface area is 217 Å². The Morgan fingerprint density at radius 3 is 2.68 bits per heavy atom. The van der Waals surface area contributed by atoms with Crippen LogP contribution in [0.3, 0.4) is 0 Å². The van der Waals surface area contributed by atoms with Crippen molar-refractivity contribution in [3.8, 4) is 17.4 Å². The predicted octanol–water partition coefficient (Wildman–Crippen LogP) is 5.64. The van der Waals surface area contributed by atoms with E-state index in [4.69, 9.17) is 14.2 Å². The normalized spacial score (nSPS) is 13.7. The van der Waals surface area contributed by atoms with E-state index in [0.717, 1.165) is 47.2 Å². The number of para-hydroxylation sites is 1. The van der Waals surface area contributed by atoms with Crippen LogP contribution in [0.1, 0.15) is 30.4 Å². The third-order valence-corrected chi connectivity index (χ3v) is 6.60. The number of aromatic nitrogens is 2. The number of ether oxygens (including phenoxy) is 3. The van der Waals surface area contributed by atoms with Crippen LogP contribution in [-0.4, -0.2) is 50.1 Å². The van der Waals surface area contributed by atoms with Crippen molar-refractivity contribution >= 4 is 28.6 Å². The zero-order valence-electron chi connectivity index (χ0n) is 21.4. The second-order valence-corrected chi connectivity index (χ2v) is 9.04. The molecule has 2 N–H and O–H groups in total. The predicted molar refractivity (Wildman–Crippen MR) is 149 cm³/mol. The summed E-state index contributed by atoms with van der Waals surface area (Å²) in [4.78, 5) is 10.3. The van der Waals surface area contributed by atoms with Crippen molar-refractivity contribution in [3.05, 3.63) is 71.9 Å². The molecule has 8 heteroatoms. The zero-order chi connectivity index (χ0) is 25.5. The quantitative estimate of drug-likeness (QED) is 0.217. The Hall–Kier alpha value is -4.20. The lowest BCUT2D eigenvalue weighted by Gasteiger charge is -2.29. The van der Waals surface area contributed by atoms with Crippen molar-refractivity contribution < 1.29 is 14.2 Å². The molecule has 0 amide bonds. The number of nitrogens with one attached hydrogen (secondary N) is 2. The number of fused-ring (bicyclic) bond motifs is 1. The van der Waals surface area contributed by atoms with Gasteiger partial charge in [0, 0.05) is 60.0 Å². The second kappa shape index (κ2) is 11.7. The Morgan fingerprint density at radius 2 is 1.84 bits per heavy atom. The van der Waals surface area contributed by atoms with Gasteiger partial charge in [-0.05, 0) is 43.0 Å². The first-order valence-corrected chi connectivity index (χ1v) is 12.7. The minimum atomic E-state index is 0.490. The van der Waals surface area contributed by atoms with Crippen LogP contribution >= 0.6 is 0 Å². The molecule has 1 fully saturated rings. The number of H-pyrrole nitrogens is 1. The highest BCUT2D eigenvalue weighted by molar-refractivity contribution is 5.99. The fraction of sp³-hybridized carbons (Fsp3) is 0.310. The van der Waals surface area contributed by atoms with Gasteiger partial charge in [-0.3, -0.25) is 5.43 Å². The van der Waals surface area contributed by atoms with Crippen molar-refractivity contribution in [3.63, 3.8) is 0 Å². The SMILES string of the molecule is COc1ccc(CCOc2cc(N3CCCCC3)cc(N/N=C/c3c[nH]c4ccccc34)n2)cc1OC. The Kier molecular flexibility index (Phi) is 7.74. The summed E-state index contributed by atoms with van der Waals surface area (Å²) in [6.07, 6.45) is 8.15. The van der Waals surface area contributed by atoms with E-state index < -0.39 is 0 Å². The molecule has 5 rings (SSSR count). The molecule has 0 unspecified atom stereocenters. The van der Waals surface area contributed by atoms with Gasteiger partial charge in [0.15, 0.2) is 17.3 Å². The van der Waals surface area contributed by atoms with Crippen molar-refractivity contribution in [1.29, 1.82) is 0 Å². The Balaban J connectivity index is 1.30. The van der Waals surface area contributed by atoms with Gasteiger partial charge >= 0.3 is 0 Å². The highest BCUT2D eigenvalue weighted by Crippen LogP contribution is 2.29. The topological polar surface area (TPSA) is 84.0 Å². The largest absolute Gasteiger partial charge is 0.493 e. The number of aromatic amines is 1. The molecule has 1 saturated heterocycles. The number of nitrogens with zero attached hydrogens (tertiary/aromatic N) is 3. The van der Waals surface area contributed by atoms with E-state index in [1.54, 1.807) is 14.2 Å². The molecule has 2 aromatic heterocycles. The molecular formula is C29H33N5O3. The number of pyridine rings is 1. The van der Waals surface area contributed by atoms with Crippen LogP contribution in [0.4, 0.5) is 11.5 Å². The lowest BCUT2D eigenvalue weighted by Crippen LogP contribution is -2.29. The number of hydrogen-bond donors (Lipinski definition) is 2. The maximum atomic E-state index is 6.12. The highest BCUT2D eigenvalue weighted by atomic mass is 16.5. The van der Waals surface area contributed by atoms with E-state index in [1.807, 2.05) is 54.9 Å². The molecular weight excluding hydrogens is 466 g/mol. The van der Waals surface area contributed by atoms with Crippen molar-refractivity contribution in [2.24, 2.45) is 5.10 Å². The monoisotopic (exact) mass is 499 g/mol. The molecule has 2 aromatic carbocycles. The molecule has 0 radical (unpaired) electrons. The summed E-state index contributed by atoms with van der Waals surface area (Å²) in [5.41, 5.74) is 7.41. The first kappa shape index (κ1) is 24.5. The van der Waals surface area contributed by atoms with Gasteiger partial charge in [0.2, 0.25) is 5.88 Å². The third-order valence-electron chi connectivity index (χ3n) is 6.60. The molecule has 1 aliphatic heterocycles. The van der Waals surface area contributed by atoms with Crippen molar-refractivity contribution in [2.75, 3.05) is 44.2 Å². The van der Waals surface area contributed by atoms with Gasteiger partial charge < -0.3 is 24.1 Å². The van der Waals surface area contributed by atoms with Gasteiger partial charge in [0.25, 0.3) is 0 Å². The molecule has 1 aliphatic rings. The van der Waals surface area contributed by atoms with E-state index in [9.17, 15) is 0 Å². The third kappa shape index (κ3) is 5.97. The summed E-state index contributed by atoms with van der Waals surface area (Å²) in [7, 11) is 3.28. The lowest BCUT2D eigenvalue weighted by molar-refractivity contribution is 0.309. The maximum absolute atomic E-state index is 6.12. The number of anilines is 2. The first-order chi connectivity index (χ1) is 18.2. The van der Waals surface area contributed by atoms with Crippen LogP contribution in [0.5, 0.6) is 17.4 Å². The van der Waals surface area contributed by atoms with E-state index in [-0.39, 0.29) is 0 Å². The standard InChI is InChI=1S/C29H33N5O3/c1-35-26-11-10-21(16-27(26)36-2)12-15-37-29-18-23(34-13-6-3-7-14-34)17-28(32-29)33-31-20-22-19-30-25-9-5-4-8-24(22)25/h4-5,8-11,16-20,30H,3,6-7,12-15H2,1-2H3,(H,32,33)/b31-20+. The number of methoxy groups -OCH3 is 2. The van der Waals surface area contributed by atoms with Crippen LogP contribution in [0.2, 0.25) is 0 Å². The van der Waals surface area contributed by atoms with Crippen molar-refractivity contribution in [2.45, 2.75) is 25.7 Å². The minimum Gasteiger partial charge on any atom is -0.493 e. The summed E-state index contributed by atoms with van der Waals surface area (Å²) in [5, 5.41) is 5.59. The summed E-state index contributed by atoms with van der Waals surface area (Å²) >= 11 is 0. The minimum absolute atomic E-state index is 0.490. The van der Waals surface area contributed by atoms with E-state index in [0.29, 0.717) is 29.8 Å². The number of benzene rings is 2. The zero-order valence-corrected chi connectivity index (χ0v) is 21.4. The van der Waals surface area contributed by atoms with Gasteiger partial charge in [-0.25, -0.2) is 0 Å². The van der Waals surface area contributed by atoms with Crippen LogP contribution in [-0.2, 0) is 6.42 Å². The van der Waals surface area contributed by atoms with Gasteiger partial charge in [-0.15, -0.1) is 0 Å². The van der Waals surface area contributed by atoms with E-state index in [2.05, 4.69) is 37.5 Å². The molecule has 0 aliphatic carbocycles. The number of hydrogen-bond acceptors (Lipinski definition) is 7. The van der Waals surface area contributed by atoms with E-state index in [1.165, 1.54) is 19.3 Å². The summed E-state index contributed by atoms with van der Waals surface area (Å²) < 4.78 is 16.9. The van der Waals surface area contributed by atoms with Gasteiger partial charge in [-0.1, -0.05) is 24.3 Å². The summed E-state index contributed by atoms with van der Waals surface area (Å²) in [5.74, 6) is 2.66. The molecule has 0 atom stereocenters. The Bertz CT molecular complexity index is 1360. The van der Waals surface area contributed by atoms with Gasteiger partial charge in [0.05, 0.1) is 27.0 Å². The average Bonchev–Trinajstić information content (AvgIpc) is 3.36. The number of hydrazone groups is 1. The molecule has 0 spiro atoms. The molecule has 8 nitrogen and oxygen atoms in total. The fourth-order valence-electron chi connectivity index (χ4n) is 4.64. The van der Waals surface area contributed by atoms with Gasteiger partial charge in [0.1, 0.15) is 0 Å².